The van der Waals surface area contributed by atoms with E-state index in [1.807, 2.05) is 0 Å². The molecule has 2 rings (SSSR count). The highest BCUT2D eigenvalue weighted by Crippen LogP contribution is 2.28. The minimum Gasteiger partial charge on any atom is -0.481 e. The van der Waals surface area contributed by atoms with Crippen LogP contribution in [0.3, 0.4) is 0 Å². The second kappa shape index (κ2) is 7.64. The molecule has 0 aliphatic carbocycles. The van der Waals surface area contributed by atoms with E-state index in [0.29, 0.717) is 10.8 Å². The van der Waals surface area contributed by atoms with Crippen LogP contribution in [0.25, 0.3) is 10.8 Å². The first-order valence-electron chi connectivity index (χ1n) is 7.62. The molecule has 0 bridgehead atoms. The number of hydrogen-bond donors (Lipinski definition) is 4. The van der Waals surface area contributed by atoms with Crippen molar-refractivity contribution in [1.29, 1.82) is 0 Å². The van der Waals surface area contributed by atoms with Crippen molar-refractivity contribution in [3.8, 4) is 0 Å². The number of hydrogen-bond acceptors (Lipinski definition) is 4. The van der Waals surface area contributed by atoms with Gasteiger partial charge in [-0.05, 0) is 21.9 Å². The van der Waals surface area contributed by atoms with E-state index in [1.54, 1.807) is 12.1 Å². The Bertz CT molecular complexity index is 817. The minimum atomic E-state index is -1.28. The van der Waals surface area contributed by atoms with Crippen LogP contribution in [0.2, 0.25) is 0 Å². The summed E-state index contributed by atoms with van der Waals surface area (Å²) >= 11 is 0. The van der Waals surface area contributed by atoms with Crippen LogP contribution in [0.15, 0.2) is 36.4 Å². The minimum absolute atomic E-state index is 0.273. The SMILES string of the molecule is O=C(O)CC(C(=O)O)c1ccc2ccc(C(CC(=O)O)C(=O)O)cc2c1. The van der Waals surface area contributed by atoms with Crippen LogP contribution in [-0.2, 0) is 19.2 Å². The highest BCUT2D eigenvalue weighted by atomic mass is 16.4. The first-order chi connectivity index (χ1) is 12.2. The Kier molecular flexibility index (Phi) is 5.56. The van der Waals surface area contributed by atoms with Gasteiger partial charge in [0, 0.05) is 0 Å². The second-order valence-electron chi connectivity index (χ2n) is 5.84. The standard InChI is InChI=1S/C18H16O8/c19-15(20)7-13(17(23)24)10-3-1-9-2-4-11(6-12(9)5-10)14(18(25)26)8-16(21)22/h1-6,13-14H,7-8H2,(H,19,20)(H,21,22)(H,23,24)(H,25,26). The van der Waals surface area contributed by atoms with Gasteiger partial charge in [0.05, 0.1) is 24.7 Å². The lowest BCUT2D eigenvalue weighted by Gasteiger charge is -2.14. The Morgan fingerprint density at radius 2 is 1.04 bits per heavy atom. The van der Waals surface area contributed by atoms with Crippen molar-refractivity contribution < 1.29 is 39.6 Å². The number of carboxylic acid groups (broad SMARTS) is 4. The summed E-state index contributed by atoms with van der Waals surface area (Å²) in [5, 5.41) is 37.5. The zero-order chi connectivity index (χ0) is 19.4. The summed E-state index contributed by atoms with van der Waals surface area (Å²) in [4.78, 5) is 44.5. The highest BCUT2D eigenvalue weighted by Gasteiger charge is 2.25. The van der Waals surface area contributed by atoms with Gasteiger partial charge in [0.2, 0.25) is 0 Å². The van der Waals surface area contributed by atoms with Crippen LogP contribution < -0.4 is 0 Å². The van der Waals surface area contributed by atoms with Crippen molar-refractivity contribution in [3.05, 3.63) is 47.5 Å². The smallest absolute Gasteiger partial charge is 0.311 e. The average Bonchev–Trinajstić information content (AvgIpc) is 2.55. The molecule has 2 aromatic carbocycles. The lowest BCUT2D eigenvalue weighted by molar-refractivity contribution is -0.145. The topological polar surface area (TPSA) is 149 Å². The van der Waals surface area contributed by atoms with Crippen LogP contribution >= 0.6 is 0 Å². The van der Waals surface area contributed by atoms with Crippen molar-refractivity contribution in [2.45, 2.75) is 24.7 Å². The van der Waals surface area contributed by atoms with E-state index in [-0.39, 0.29) is 11.1 Å². The van der Waals surface area contributed by atoms with Crippen molar-refractivity contribution in [1.82, 2.24) is 0 Å². The molecule has 0 spiro atoms. The molecule has 0 aliphatic rings. The molecular formula is C18H16O8. The normalized spacial score (nSPS) is 13.1. The van der Waals surface area contributed by atoms with Crippen molar-refractivity contribution in [2.24, 2.45) is 0 Å². The maximum Gasteiger partial charge on any atom is 0.311 e. The molecule has 136 valence electrons. The molecule has 2 unspecified atom stereocenters. The Morgan fingerprint density at radius 1 is 0.654 bits per heavy atom. The van der Waals surface area contributed by atoms with Crippen molar-refractivity contribution in [3.63, 3.8) is 0 Å². The lowest BCUT2D eigenvalue weighted by atomic mass is 9.90. The molecule has 0 saturated heterocycles. The van der Waals surface area contributed by atoms with Gasteiger partial charge in [0.1, 0.15) is 0 Å². The van der Waals surface area contributed by atoms with Gasteiger partial charge in [-0.2, -0.15) is 0 Å². The molecule has 26 heavy (non-hydrogen) atoms. The fourth-order valence-corrected chi connectivity index (χ4v) is 2.76. The molecule has 8 heteroatoms. The number of fused-ring (bicyclic) bond motifs is 1. The van der Waals surface area contributed by atoms with E-state index in [1.165, 1.54) is 24.3 Å². The molecule has 0 aromatic heterocycles. The average molecular weight is 360 g/mol. The third-order valence-corrected chi connectivity index (χ3v) is 4.05. The molecule has 8 nitrogen and oxygen atoms in total. The zero-order valence-electron chi connectivity index (χ0n) is 13.5. The molecule has 0 saturated carbocycles. The fourth-order valence-electron chi connectivity index (χ4n) is 2.76. The number of benzene rings is 2. The largest absolute Gasteiger partial charge is 0.481 e. The van der Waals surface area contributed by atoms with Crippen LogP contribution in [0.4, 0.5) is 0 Å². The van der Waals surface area contributed by atoms with E-state index < -0.39 is 48.6 Å². The van der Waals surface area contributed by atoms with Gasteiger partial charge in [-0.1, -0.05) is 36.4 Å². The van der Waals surface area contributed by atoms with Gasteiger partial charge >= 0.3 is 23.9 Å². The second-order valence-corrected chi connectivity index (χ2v) is 5.84. The van der Waals surface area contributed by atoms with E-state index in [9.17, 15) is 29.4 Å². The molecular weight excluding hydrogens is 344 g/mol. The summed E-state index contributed by atoms with van der Waals surface area (Å²) in [5.41, 5.74) is 0.546. The number of carbonyl (C=O) groups is 4. The van der Waals surface area contributed by atoms with Gasteiger partial charge in [0.25, 0.3) is 0 Å². The van der Waals surface area contributed by atoms with E-state index in [0.717, 1.165) is 0 Å². The van der Waals surface area contributed by atoms with Crippen LogP contribution in [-0.4, -0.2) is 44.3 Å². The molecule has 0 amide bonds. The van der Waals surface area contributed by atoms with Crippen molar-refractivity contribution >= 4 is 34.6 Å². The lowest BCUT2D eigenvalue weighted by Crippen LogP contribution is -2.16. The summed E-state index contributed by atoms with van der Waals surface area (Å²) in [6.07, 6.45) is -1.17. The zero-order valence-corrected chi connectivity index (χ0v) is 13.5. The Morgan fingerprint density at radius 3 is 1.35 bits per heavy atom. The molecule has 0 fully saturated rings. The van der Waals surface area contributed by atoms with Crippen LogP contribution in [0.1, 0.15) is 35.8 Å². The van der Waals surface area contributed by atoms with Gasteiger partial charge < -0.3 is 20.4 Å². The first-order valence-corrected chi connectivity index (χ1v) is 7.62. The molecule has 0 heterocycles. The van der Waals surface area contributed by atoms with Gasteiger partial charge in [-0.15, -0.1) is 0 Å². The Balaban J connectivity index is 2.49. The molecule has 2 atom stereocenters. The third kappa shape index (κ3) is 4.35. The third-order valence-electron chi connectivity index (χ3n) is 4.05. The summed E-state index contributed by atoms with van der Waals surface area (Å²) in [6.45, 7) is 0. The quantitative estimate of drug-likeness (QED) is 0.559. The predicted octanol–water partition coefficient (Wildman–Crippen LogP) is 2.13. The first kappa shape index (κ1) is 18.9. The number of rotatable bonds is 8. The Labute approximate surface area is 147 Å². The molecule has 0 aliphatic heterocycles. The van der Waals surface area contributed by atoms with E-state index in [2.05, 4.69) is 0 Å². The van der Waals surface area contributed by atoms with Crippen LogP contribution in [0, 0.1) is 0 Å². The summed E-state index contributed by atoms with van der Waals surface area (Å²) in [6, 6.07) is 9.21. The summed E-state index contributed by atoms with van der Waals surface area (Å²) < 4.78 is 0. The van der Waals surface area contributed by atoms with E-state index >= 15 is 0 Å². The summed E-state index contributed by atoms with van der Waals surface area (Å²) in [5.74, 6) is -7.55. The maximum atomic E-state index is 11.4. The van der Waals surface area contributed by atoms with Gasteiger partial charge in [0.15, 0.2) is 0 Å². The monoisotopic (exact) mass is 360 g/mol. The highest BCUT2D eigenvalue weighted by molar-refractivity contribution is 5.89. The fraction of sp³-hybridized carbons (Fsp3) is 0.222. The molecule has 2 aromatic rings. The van der Waals surface area contributed by atoms with Crippen LogP contribution in [0.5, 0.6) is 0 Å². The Hall–Kier alpha value is -3.42. The molecule has 0 radical (unpaired) electrons. The predicted molar refractivity (Wildman–Crippen MR) is 89.2 cm³/mol. The van der Waals surface area contributed by atoms with Crippen molar-refractivity contribution in [2.75, 3.05) is 0 Å². The maximum absolute atomic E-state index is 11.4. The van der Waals surface area contributed by atoms with Gasteiger partial charge in [-0.25, -0.2) is 0 Å². The molecule has 4 N–H and O–H groups in total. The summed E-state index contributed by atoms with van der Waals surface area (Å²) in [7, 11) is 0. The van der Waals surface area contributed by atoms with Gasteiger partial charge in [-0.3, -0.25) is 19.2 Å². The van der Waals surface area contributed by atoms with E-state index in [4.69, 9.17) is 10.2 Å². The number of aliphatic carboxylic acids is 4. The number of carboxylic acids is 4.